The van der Waals surface area contributed by atoms with Crippen LogP contribution in [0.25, 0.3) is 11.4 Å². The van der Waals surface area contributed by atoms with Crippen LogP contribution in [0.2, 0.25) is 0 Å². The van der Waals surface area contributed by atoms with Crippen molar-refractivity contribution in [3.63, 3.8) is 0 Å². The Morgan fingerprint density at radius 3 is 2.32 bits per heavy atom. The largest absolute Gasteiger partial charge is 0.497 e. The van der Waals surface area contributed by atoms with Crippen LogP contribution in [0.4, 0.5) is 0 Å². The van der Waals surface area contributed by atoms with E-state index in [0.29, 0.717) is 24.8 Å². The second-order valence-electron chi connectivity index (χ2n) is 8.53. The summed E-state index contributed by atoms with van der Waals surface area (Å²) in [6, 6.07) is 15.6. The normalized spacial score (nSPS) is 14.6. The molecule has 0 aliphatic carbocycles. The van der Waals surface area contributed by atoms with Crippen molar-refractivity contribution in [3.8, 4) is 22.9 Å². The third kappa shape index (κ3) is 6.35. The van der Waals surface area contributed by atoms with Gasteiger partial charge in [-0.05, 0) is 80.7 Å². The number of nitrogens with one attached hydrogen (secondary N) is 1. The van der Waals surface area contributed by atoms with Gasteiger partial charge in [0, 0.05) is 18.0 Å². The molecule has 0 spiro atoms. The molecule has 1 fully saturated rings. The summed E-state index contributed by atoms with van der Waals surface area (Å²) in [5.74, 6) is 3.04. The highest BCUT2D eigenvalue weighted by atomic mass is 16.5. The smallest absolute Gasteiger partial charge is 0.241 e. The Kier molecular flexibility index (Phi) is 8.14. The average molecular weight is 465 g/mol. The molecular weight excluding hydrogens is 432 g/mol. The van der Waals surface area contributed by atoms with Crippen LogP contribution in [-0.4, -0.2) is 54.8 Å². The molecule has 3 aromatic rings. The first-order valence-electron chi connectivity index (χ1n) is 11.7. The van der Waals surface area contributed by atoms with Gasteiger partial charge in [0.05, 0.1) is 20.8 Å². The molecule has 8 heteroatoms. The highest BCUT2D eigenvalue weighted by Gasteiger charge is 2.25. The molecule has 0 bridgehead atoms. The molecule has 1 aromatic heterocycles. The van der Waals surface area contributed by atoms with Crippen molar-refractivity contribution in [2.45, 2.75) is 32.2 Å². The summed E-state index contributed by atoms with van der Waals surface area (Å²) in [5, 5.41) is 7.21. The lowest BCUT2D eigenvalue weighted by Gasteiger charge is -2.30. The van der Waals surface area contributed by atoms with Crippen LogP contribution in [0.1, 0.15) is 30.7 Å². The van der Waals surface area contributed by atoms with Crippen LogP contribution in [-0.2, 0) is 17.8 Å². The van der Waals surface area contributed by atoms with Crippen LogP contribution in [0, 0.1) is 5.92 Å². The zero-order valence-electron chi connectivity index (χ0n) is 19.8. The van der Waals surface area contributed by atoms with Crippen molar-refractivity contribution < 1.29 is 18.8 Å². The first kappa shape index (κ1) is 23.8. The van der Waals surface area contributed by atoms with Gasteiger partial charge < -0.3 is 19.3 Å². The number of nitrogens with zero attached hydrogens (tertiary/aromatic N) is 3. The Hall–Kier alpha value is -3.39. The minimum absolute atomic E-state index is 0.0646. The number of likely N-dealkylation sites (tertiary alicyclic amines) is 1. The molecular formula is C26H32N4O4. The summed E-state index contributed by atoms with van der Waals surface area (Å²) in [4.78, 5) is 19.4. The number of hydrogen-bond acceptors (Lipinski definition) is 7. The van der Waals surface area contributed by atoms with Crippen LogP contribution < -0.4 is 14.8 Å². The Morgan fingerprint density at radius 2 is 1.68 bits per heavy atom. The van der Waals surface area contributed by atoms with Crippen LogP contribution in [0.5, 0.6) is 11.5 Å². The average Bonchev–Trinajstić information content (AvgIpc) is 3.35. The molecule has 1 N–H and O–H groups in total. The van der Waals surface area contributed by atoms with E-state index < -0.39 is 0 Å². The molecule has 4 rings (SSSR count). The molecule has 0 atom stereocenters. The number of amides is 1. The van der Waals surface area contributed by atoms with E-state index in [2.05, 4.69) is 32.5 Å². The fourth-order valence-electron chi connectivity index (χ4n) is 4.16. The van der Waals surface area contributed by atoms with Crippen molar-refractivity contribution in [2.75, 3.05) is 33.9 Å². The van der Waals surface area contributed by atoms with E-state index in [9.17, 15) is 4.79 Å². The molecule has 1 amide bonds. The number of aryl methyl sites for hydroxylation is 1. The number of carbonyl (C=O) groups is 1. The van der Waals surface area contributed by atoms with E-state index in [1.165, 1.54) is 5.56 Å². The van der Waals surface area contributed by atoms with Crippen molar-refractivity contribution >= 4 is 5.91 Å². The first-order chi connectivity index (χ1) is 16.6. The molecule has 180 valence electrons. The number of aromatic nitrogens is 2. The summed E-state index contributed by atoms with van der Waals surface area (Å²) >= 11 is 0. The second kappa shape index (κ2) is 11.7. The maximum absolute atomic E-state index is 12.6. The molecule has 2 heterocycles. The van der Waals surface area contributed by atoms with Crippen LogP contribution >= 0.6 is 0 Å². The molecule has 0 saturated carbocycles. The predicted octanol–water partition coefficient (Wildman–Crippen LogP) is 3.71. The van der Waals surface area contributed by atoms with E-state index in [1.54, 1.807) is 14.2 Å². The molecule has 2 aromatic carbocycles. The fraction of sp³-hybridized carbons (Fsp3) is 0.423. The van der Waals surface area contributed by atoms with E-state index in [4.69, 9.17) is 14.0 Å². The van der Waals surface area contributed by atoms with Gasteiger partial charge in [-0.25, -0.2) is 0 Å². The van der Waals surface area contributed by atoms with Gasteiger partial charge in [0.25, 0.3) is 0 Å². The SMILES string of the molecule is COc1ccc(CCCNC(=O)C2CCN(Cc3nc(-c4ccc(OC)cc4)no3)CC2)cc1. The summed E-state index contributed by atoms with van der Waals surface area (Å²) in [7, 11) is 3.30. The summed E-state index contributed by atoms with van der Waals surface area (Å²) in [5.41, 5.74) is 2.14. The number of carbonyl (C=O) groups excluding carboxylic acids is 1. The van der Waals surface area contributed by atoms with Gasteiger partial charge in [0.15, 0.2) is 0 Å². The molecule has 0 unspecified atom stereocenters. The molecule has 0 radical (unpaired) electrons. The zero-order chi connectivity index (χ0) is 23.8. The molecule has 34 heavy (non-hydrogen) atoms. The monoisotopic (exact) mass is 464 g/mol. The van der Waals surface area contributed by atoms with E-state index >= 15 is 0 Å². The lowest BCUT2D eigenvalue weighted by atomic mass is 9.96. The maximum Gasteiger partial charge on any atom is 0.241 e. The topological polar surface area (TPSA) is 89.7 Å². The number of methoxy groups -OCH3 is 2. The van der Waals surface area contributed by atoms with Crippen molar-refractivity contribution in [2.24, 2.45) is 5.92 Å². The van der Waals surface area contributed by atoms with E-state index in [-0.39, 0.29) is 11.8 Å². The Labute approximate surface area is 200 Å². The number of ether oxygens (including phenoxy) is 2. The minimum Gasteiger partial charge on any atom is -0.497 e. The van der Waals surface area contributed by atoms with Gasteiger partial charge in [0.1, 0.15) is 11.5 Å². The third-order valence-electron chi connectivity index (χ3n) is 6.23. The van der Waals surface area contributed by atoms with Gasteiger partial charge in [-0.2, -0.15) is 4.98 Å². The van der Waals surface area contributed by atoms with Gasteiger partial charge in [-0.1, -0.05) is 17.3 Å². The predicted molar refractivity (Wildman–Crippen MR) is 129 cm³/mol. The second-order valence-corrected chi connectivity index (χ2v) is 8.53. The number of benzene rings is 2. The van der Waals surface area contributed by atoms with Gasteiger partial charge in [0.2, 0.25) is 17.6 Å². The molecule has 8 nitrogen and oxygen atoms in total. The zero-order valence-corrected chi connectivity index (χ0v) is 19.8. The number of hydrogen-bond donors (Lipinski definition) is 1. The Morgan fingerprint density at radius 1 is 1.03 bits per heavy atom. The summed E-state index contributed by atoms with van der Waals surface area (Å²) in [6.45, 7) is 2.97. The Balaban J connectivity index is 1.16. The highest BCUT2D eigenvalue weighted by Crippen LogP contribution is 2.22. The lowest BCUT2D eigenvalue weighted by molar-refractivity contribution is -0.126. The van der Waals surface area contributed by atoms with Gasteiger partial charge >= 0.3 is 0 Å². The third-order valence-corrected chi connectivity index (χ3v) is 6.23. The minimum atomic E-state index is 0.0646. The van der Waals surface area contributed by atoms with Crippen LogP contribution in [0.15, 0.2) is 53.1 Å². The highest BCUT2D eigenvalue weighted by molar-refractivity contribution is 5.78. The van der Waals surface area contributed by atoms with E-state index in [1.807, 2.05) is 36.4 Å². The summed E-state index contributed by atoms with van der Waals surface area (Å²) < 4.78 is 15.8. The van der Waals surface area contributed by atoms with Gasteiger partial charge in [-0.15, -0.1) is 0 Å². The van der Waals surface area contributed by atoms with E-state index in [0.717, 1.165) is 55.8 Å². The summed E-state index contributed by atoms with van der Waals surface area (Å²) in [6.07, 6.45) is 3.53. The van der Waals surface area contributed by atoms with Gasteiger partial charge in [-0.3, -0.25) is 9.69 Å². The molecule has 1 aliphatic heterocycles. The standard InChI is InChI=1S/C26H32N4O4/c1-32-22-9-5-19(6-10-22)4-3-15-27-26(31)21-13-16-30(17-14-21)18-24-28-25(29-34-24)20-7-11-23(33-2)12-8-20/h5-12,21H,3-4,13-18H2,1-2H3,(H,27,31). The number of rotatable bonds is 10. The quantitative estimate of drug-likeness (QED) is 0.458. The lowest BCUT2D eigenvalue weighted by Crippen LogP contribution is -2.40. The van der Waals surface area contributed by atoms with Crippen molar-refractivity contribution in [3.05, 3.63) is 60.0 Å². The first-order valence-corrected chi connectivity index (χ1v) is 11.7. The fourth-order valence-corrected chi connectivity index (χ4v) is 4.16. The maximum atomic E-state index is 12.6. The molecule has 1 saturated heterocycles. The Bertz CT molecular complexity index is 1040. The van der Waals surface area contributed by atoms with Crippen LogP contribution in [0.3, 0.4) is 0 Å². The van der Waals surface area contributed by atoms with Crippen molar-refractivity contribution in [1.82, 2.24) is 20.4 Å². The number of piperidine rings is 1. The molecule has 1 aliphatic rings. The van der Waals surface area contributed by atoms with Crippen molar-refractivity contribution in [1.29, 1.82) is 0 Å².